The largest absolute Gasteiger partial charge is 0.284 e. The Balaban J connectivity index is 1.78. The minimum Gasteiger partial charge on any atom is -0.266 e. The summed E-state index contributed by atoms with van der Waals surface area (Å²) in [7, 11) is 0. The number of nitro groups is 1. The van der Waals surface area contributed by atoms with Crippen molar-refractivity contribution >= 4 is 28.6 Å². The van der Waals surface area contributed by atoms with Gasteiger partial charge in [-0.05, 0) is 23.1 Å². The molecule has 134 valence electrons. The third kappa shape index (κ3) is 3.24. The fourth-order valence-corrected chi connectivity index (χ4v) is 3.85. The van der Waals surface area contributed by atoms with E-state index >= 15 is 0 Å². The molecule has 0 bridgehead atoms. The van der Waals surface area contributed by atoms with Gasteiger partial charge in [0.2, 0.25) is 0 Å². The maximum atomic E-state index is 13.0. The van der Waals surface area contributed by atoms with E-state index in [0.29, 0.717) is 16.9 Å². The number of hydrazone groups is 1. The molecule has 3 aromatic rings. The summed E-state index contributed by atoms with van der Waals surface area (Å²) in [6, 6.07) is 19.1. The molecule has 0 N–H and O–H groups in total. The van der Waals surface area contributed by atoms with Crippen molar-refractivity contribution in [1.82, 2.24) is 5.01 Å². The molecular formula is C20H15N3O3S. The van der Waals surface area contributed by atoms with E-state index in [4.69, 9.17) is 0 Å². The first kappa shape index (κ1) is 17.1. The van der Waals surface area contributed by atoms with Gasteiger partial charge in [-0.3, -0.25) is 14.9 Å². The van der Waals surface area contributed by atoms with Gasteiger partial charge in [0.1, 0.15) is 0 Å². The number of para-hydroxylation sites is 1. The molecule has 1 aliphatic rings. The lowest BCUT2D eigenvalue weighted by molar-refractivity contribution is -0.385. The second-order valence-electron chi connectivity index (χ2n) is 6.08. The fourth-order valence-electron chi connectivity index (χ4n) is 3.19. The van der Waals surface area contributed by atoms with Gasteiger partial charge in [-0.2, -0.15) is 5.10 Å². The fraction of sp³-hybridized carbons (Fsp3) is 0.100. The number of thiophene rings is 1. The van der Waals surface area contributed by atoms with E-state index in [-0.39, 0.29) is 11.6 Å². The molecule has 1 amide bonds. The van der Waals surface area contributed by atoms with Crippen LogP contribution in [0.3, 0.4) is 0 Å². The van der Waals surface area contributed by atoms with E-state index in [1.54, 1.807) is 30.3 Å². The van der Waals surface area contributed by atoms with Crippen molar-refractivity contribution in [3.8, 4) is 0 Å². The van der Waals surface area contributed by atoms with Crippen LogP contribution in [0.25, 0.3) is 0 Å². The Morgan fingerprint density at radius 3 is 2.52 bits per heavy atom. The van der Waals surface area contributed by atoms with Crippen LogP contribution in [0.1, 0.15) is 33.3 Å². The zero-order valence-electron chi connectivity index (χ0n) is 14.2. The normalized spacial score (nSPS) is 16.2. The molecule has 2 heterocycles. The molecule has 0 saturated carbocycles. The topological polar surface area (TPSA) is 75.8 Å². The molecule has 0 spiro atoms. The van der Waals surface area contributed by atoms with Crippen molar-refractivity contribution in [2.24, 2.45) is 5.10 Å². The van der Waals surface area contributed by atoms with Crippen LogP contribution in [0.4, 0.5) is 5.69 Å². The van der Waals surface area contributed by atoms with Crippen LogP contribution >= 0.6 is 11.3 Å². The SMILES string of the molecule is O=C(c1cccs1)N1N=C(c2ccccc2)C[C@@H]1c1ccccc1[N+](=O)[O-]. The molecule has 27 heavy (non-hydrogen) atoms. The van der Waals surface area contributed by atoms with Crippen LogP contribution in [0.2, 0.25) is 0 Å². The Hall–Kier alpha value is -3.32. The van der Waals surface area contributed by atoms with Gasteiger partial charge < -0.3 is 0 Å². The van der Waals surface area contributed by atoms with Crippen molar-refractivity contribution < 1.29 is 9.72 Å². The van der Waals surface area contributed by atoms with E-state index in [1.807, 2.05) is 35.7 Å². The first-order chi connectivity index (χ1) is 13.1. The number of rotatable bonds is 4. The maximum Gasteiger partial charge on any atom is 0.284 e. The van der Waals surface area contributed by atoms with Gasteiger partial charge in [0.15, 0.2) is 0 Å². The average Bonchev–Trinajstić information content (AvgIpc) is 3.38. The highest BCUT2D eigenvalue weighted by atomic mass is 32.1. The summed E-state index contributed by atoms with van der Waals surface area (Å²) in [5.74, 6) is -0.251. The van der Waals surface area contributed by atoms with Crippen LogP contribution in [0.15, 0.2) is 77.2 Å². The smallest absolute Gasteiger partial charge is 0.266 e. The van der Waals surface area contributed by atoms with Gasteiger partial charge >= 0.3 is 0 Å². The highest BCUT2D eigenvalue weighted by molar-refractivity contribution is 7.12. The number of hydrogen-bond donors (Lipinski definition) is 0. The van der Waals surface area contributed by atoms with Crippen LogP contribution < -0.4 is 0 Å². The molecule has 6 nitrogen and oxygen atoms in total. The molecular weight excluding hydrogens is 362 g/mol. The highest BCUT2D eigenvalue weighted by Crippen LogP contribution is 2.38. The van der Waals surface area contributed by atoms with Gasteiger partial charge in [0, 0.05) is 12.5 Å². The standard InChI is InChI=1S/C20H15N3O3S/c24-20(19-11-6-12-27-19)22-18(15-9-4-5-10-17(15)23(25)26)13-16(21-22)14-7-2-1-3-8-14/h1-12,18H,13H2/t18-/m1/s1. The third-order valence-corrected chi connectivity index (χ3v) is 5.31. The zero-order chi connectivity index (χ0) is 18.8. The Kier molecular flexibility index (Phi) is 4.52. The minimum absolute atomic E-state index is 0.00371. The maximum absolute atomic E-state index is 13.0. The number of benzene rings is 2. The van der Waals surface area contributed by atoms with Crippen molar-refractivity contribution in [2.45, 2.75) is 12.5 Å². The zero-order valence-corrected chi connectivity index (χ0v) is 15.0. The molecule has 0 aliphatic carbocycles. The Bertz CT molecular complexity index is 1020. The summed E-state index contributed by atoms with van der Waals surface area (Å²) < 4.78 is 0. The van der Waals surface area contributed by atoms with Crippen molar-refractivity contribution in [3.63, 3.8) is 0 Å². The number of hydrogen-bond acceptors (Lipinski definition) is 5. The lowest BCUT2D eigenvalue weighted by Crippen LogP contribution is -2.26. The van der Waals surface area contributed by atoms with Crippen LogP contribution in [-0.4, -0.2) is 21.6 Å². The second-order valence-corrected chi connectivity index (χ2v) is 7.02. The summed E-state index contributed by atoms with van der Waals surface area (Å²) >= 11 is 1.33. The van der Waals surface area contributed by atoms with E-state index in [0.717, 1.165) is 11.3 Å². The lowest BCUT2D eigenvalue weighted by atomic mass is 9.97. The van der Waals surface area contributed by atoms with Crippen molar-refractivity contribution in [2.75, 3.05) is 0 Å². The Morgan fingerprint density at radius 2 is 1.81 bits per heavy atom. The minimum atomic E-state index is -0.517. The molecule has 4 rings (SSSR count). The molecule has 0 radical (unpaired) electrons. The van der Waals surface area contributed by atoms with E-state index in [2.05, 4.69) is 5.10 Å². The Labute approximate surface area is 159 Å². The molecule has 1 aromatic heterocycles. The Morgan fingerprint density at radius 1 is 1.07 bits per heavy atom. The molecule has 0 unspecified atom stereocenters. The summed E-state index contributed by atoms with van der Waals surface area (Å²) in [5.41, 5.74) is 2.13. The number of carbonyl (C=O) groups excluding carboxylic acids is 1. The first-order valence-corrected chi connectivity index (χ1v) is 9.26. The average molecular weight is 377 g/mol. The molecule has 1 atom stereocenters. The quantitative estimate of drug-likeness (QED) is 0.491. The molecule has 0 fully saturated rings. The van der Waals surface area contributed by atoms with Gasteiger partial charge in [-0.1, -0.05) is 48.5 Å². The van der Waals surface area contributed by atoms with Gasteiger partial charge in [0.05, 0.1) is 27.1 Å². The van der Waals surface area contributed by atoms with Gasteiger partial charge in [0.25, 0.3) is 11.6 Å². The summed E-state index contributed by atoms with van der Waals surface area (Å²) in [5, 5.41) is 19.3. The summed E-state index contributed by atoms with van der Waals surface area (Å²) in [4.78, 5) is 24.7. The van der Waals surface area contributed by atoms with Crippen molar-refractivity contribution in [1.29, 1.82) is 0 Å². The first-order valence-electron chi connectivity index (χ1n) is 8.38. The van der Waals surface area contributed by atoms with E-state index in [9.17, 15) is 14.9 Å². The highest BCUT2D eigenvalue weighted by Gasteiger charge is 2.37. The summed E-state index contributed by atoms with van der Waals surface area (Å²) in [6.07, 6.45) is 0.423. The summed E-state index contributed by atoms with van der Waals surface area (Å²) in [6.45, 7) is 0. The number of nitro benzene ring substituents is 1. The second kappa shape index (κ2) is 7.13. The van der Waals surface area contributed by atoms with Gasteiger partial charge in [-0.15, -0.1) is 11.3 Å². The van der Waals surface area contributed by atoms with Crippen molar-refractivity contribution in [3.05, 3.63) is 98.2 Å². The number of carbonyl (C=O) groups is 1. The van der Waals surface area contributed by atoms with Crippen LogP contribution in [-0.2, 0) is 0 Å². The molecule has 0 saturated heterocycles. The molecule has 1 aliphatic heterocycles. The number of nitrogens with zero attached hydrogens (tertiary/aromatic N) is 3. The van der Waals surface area contributed by atoms with E-state index in [1.165, 1.54) is 22.4 Å². The molecule has 7 heteroatoms. The predicted octanol–water partition coefficient (Wildman–Crippen LogP) is 4.65. The molecule has 2 aromatic carbocycles. The number of amides is 1. The monoisotopic (exact) mass is 377 g/mol. The third-order valence-electron chi connectivity index (χ3n) is 4.45. The predicted molar refractivity (Wildman–Crippen MR) is 104 cm³/mol. The van der Waals surface area contributed by atoms with Gasteiger partial charge in [-0.25, -0.2) is 5.01 Å². The van der Waals surface area contributed by atoms with Crippen LogP contribution in [0.5, 0.6) is 0 Å². The van der Waals surface area contributed by atoms with Crippen LogP contribution in [0, 0.1) is 10.1 Å². The lowest BCUT2D eigenvalue weighted by Gasteiger charge is -2.21. The van der Waals surface area contributed by atoms with E-state index < -0.39 is 11.0 Å².